The number of rotatable bonds is 6. The van der Waals surface area contributed by atoms with Crippen LogP contribution in [-0.4, -0.2) is 49.3 Å². The summed E-state index contributed by atoms with van der Waals surface area (Å²) in [6.45, 7) is 1.02. The molecule has 1 aliphatic rings. The minimum Gasteiger partial charge on any atom is -0.495 e. The van der Waals surface area contributed by atoms with E-state index < -0.39 is 0 Å². The predicted molar refractivity (Wildman–Crippen MR) is 92.1 cm³/mol. The monoisotopic (exact) mass is 340 g/mol. The molecule has 0 aromatic heterocycles. The van der Waals surface area contributed by atoms with Crippen LogP contribution in [0.4, 0.5) is 5.69 Å². The van der Waals surface area contributed by atoms with E-state index in [9.17, 15) is 9.90 Å². The Bertz CT molecular complexity index is 539. The first-order valence-electron chi connectivity index (χ1n) is 7.99. The maximum atomic E-state index is 12.1. The van der Waals surface area contributed by atoms with E-state index in [1.807, 2.05) is 11.9 Å². The zero-order chi connectivity index (χ0) is 16.8. The summed E-state index contributed by atoms with van der Waals surface area (Å²) in [4.78, 5) is 14.1. The van der Waals surface area contributed by atoms with E-state index in [0.717, 1.165) is 32.2 Å². The molecule has 128 valence electrons. The van der Waals surface area contributed by atoms with Crippen molar-refractivity contribution in [1.29, 1.82) is 0 Å². The second-order valence-corrected chi connectivity index (χ2v) is 6.61. The zero-order valence-electron chi connectivity index (χ0n) is 13.7. The fraction of sp³-hybridized carbons (Fsp3) is 0.588. The molecule has 1 aromatic rings. The minimum atomic E-state index is -0.241. The number of carbonyl (C=O) groups is 1. The Morgan fingerprint density at radius 2 is 2.17 bits per heavy atom. The van der Waals surface area contributed by atoms with Crippen LogP contribution in [0.15, 0.2) is 18.2 Å². The Hall–Kier alpha value is -1.30. The number of ether oxygens (including phenoxy) is 1. The number of carbonyl (C=O) groups excluding carboxylic acids is 1. The molecule has 1 aromatic carbocycles. The summed E-state index contributed by atoms with van der Waals surface area (Å²) in [7, 11) is 3.45. The van der Waals surface area contributed by atoms with Gasteiger partial charge in [-0.15, -0.1) is 0 Å². The van der Waals surface area contributed by atoms with E-state index in [0.29, 0.717) is 16.5 Å². The number of methoxy groups -OCH3 is 1. The van der Waals surface area contributed by atoms with Gasteiger partial charge in [-0.05, 0) is 44.0 Å². The van der Waals surface area contributed by atoms with Gasteiger partial charge in [-0.25, -0.2) is 0 Å². The van der Waals surface area contributed by atoms with Crippen molar-refractivity contribution in [1.82, 2.24) is 4.90 Å². The van der Waals surface area contributed by atoms with Crippen LogP contribution in [-0.2, 0) is 4.79 Å². The standard InChI is InChI=1S/C17H25ClN2O3/c1-20(10-12-5-3-4-6-15(12)21)11-17(22)19-13-7-8-16(23-2)14(18)9-13/h7-9,12,15,21H,3-6,10-11H2,1-2H3,(H,19,22). The normalized spacial score (nSPS) is 21.3. The number of likely N-dealkylation sites (N-methyl/N-ethyl adjacent to an activating group) is 1. The van der Waals surface area contributed by atoms with E-state index in [-0.39, 0.29) is 24.5 Å². The molecular weight excluding hydrogens is 316 g/mol. The Morgan fingerprint density at radius 3 is 2.83 bits per heavy atom. The number of halogens is 1. The van der Waals surface area contributed by atoms with Gasteiger partial charge in [0.15, 0.2) is 0 Å². The maximum Gasteiger partial charge on any atom is 0.238 e. The number of hydrogen-bond acceptors (Lipinski definition) is 4. The lowest BCUT2D eigenvalue weighted by Gasteiger charge is -2.30. The molecule has 0 aliphatic heterocycles. The number of benzene rings is 1. The third-order valence-electron chi connectivity index (χ3n) is 4.26. The van der Waals surface area contributed by atoms with Gasteiger partial charge in [0.1, 0.15) is 5.75 Å². The molecule has 2 unspecified atom stereocenters. The first-order valence-corrected chi connectivity index (χ1v) is 8.37. The molecule has 0 heterocycles. The van der Waals surface area contributed by atoms with Crippen molar-refractivity contribution in [3.8, 4) is 5.75 Å². The van der Waals surface area contributed by atoms with Gasteiger partial charge in [-0.2, -0.15) is 0 Å². The van der Waals surface area contributed by atoms with Crippen LogP contribution in [0.3, 0.4) is 0 Å². The van der Waals surface area contributed by atoms with Crippen molar-refractivity contribution >= 4 is 23.2 Å². The first kappa shape index (κ1) is 18.0. The molecule has 6 heteroatoms. The van der Waals surface area contributed by atoms with Gasteiger partial charge in [-0.1, -0.05) is 24.4 Å². The second kappa shape index (κ2) is 8.52. The topological polar surface area (TPSA) is 61.8 Å². The van der Waals surface area contributed by atoms with Crippen molar-refractivity contribution < 1.29 is 14.6 Å². The lowest BCUT2D eigenvalue weighted by Crippen LogP contribution is -2.38. The smallest absolute Gasteiger partial charge is 0.238 e. The van der Waals surface area contributed by atoms with Crippen molar-refractivity contribution in [3.05, 3.63) is 23.2 Å². The number of anilines is 1. The molecule has 1 saturated carbocycles. The highest BCUT2D eigenvalue weighted by Crippen LogP contribution is 2.27. The molecule has 1 amide bonds. The third-order valence-corrected chi connectivity index (χ3v) is 4.56. The quantitative estimate of drug-likeness (QED) is 0.836. The number of nitrogens with zero attached hydrogens (tertiary/aromatic N) is 1. The summed E-state index contributed by atoms with van der Waals surface area (Å²) in [5, 5.41) is 13.3. The van der Waals surface area contributed by atoms with Crippen LogP contribution in [0.1, 0.15) is 25.7 Å². The highest BCUT2D eigenvalue weighted by atomic mass is 35.5. The molecule has 23 heavy (non-hydrogen) atoms. The van der Waals surface area contributed by atoms with Crippen molar-refractivity contribution in [2.45, 2.75) is 31.8 Å². The maximum absolute atomic E-state index is 12.1. The minimum absolute atomic E-state index is 0.0981. The fourth-order valence-electron chi connectivity index (χ4n) is 3.06. The van der Waals surface area contributed by atoms with Gasteiger partial charge >= 0.3 is 0 Å². The molecule has 0 spiro atoms. The average Bonchev–Trinajstić information content (AvgIpc) is 2.49. The van der Waals surface area contributed by atoms with Gasteiger partial charge < -0.3 is 15.2 Å². The van der Waals surface area contributed by atoms with Crippen LogP contribution in [0.2, 0.25) is 5.02 Å². The highest BCUT2D eigenvalue weighted by Gasteiger charge is 2.24. The van der Waals surface area contributed by atoms with Crippen LogP contribution in [0, 0.1) is 5.92 Å². The number of aliphatic hydroxyl groups excluding tert-OH is 1. The summed E-state index contributed by atoms with van der Waals surface area (Å²) in [6.07, 6.45) is 3.91. The van der Waals surface area contributed by atoms with E-state index >= 15 is 0 Å². The number of aliphatic hydroxyl groups is 1. The van der Waals surface area contributed by atoms with Gasteiger partial charge in [0.05, 0.1) is 24.8 Å². The lowest BCUT2D eigenvalue weighted by atomic mass is 9.86. The molecule has 0 saturated heterocycles. The Morgan fingerprint density at radius 1 is 1.43 bits per heavy atom. The zero-order valence-corrected chi connectivity index (χ0v) is 14.5. The SMILES string of the molecule is COc1ccc(NC(=O)CN(C)CC2CCCCC2O)cc1Cl. The van der Waals surface area contributed by atoms with Crippen LogP contribution < -0.4 is 10.1 Å². The van der Waals surface area contributed by atoms with Crippen molar-refractivity contribution in [3.63, 3.8) is 0 Å². The van der Waals surface area contributed by atoms with E-state index in [2.05, 4.69) is 5.32 Å². The van der Waals surface area contributed by atoms with Crippen molar-refractivity contribution in [2.75, 3.05) is 32.6 Å². The Balaban J connectivity index is 1.82. The summed E-state index contributed by atoms with van der Waals surface area (Å²) >= 11 is 6.05. The van der Waals surface area contributed by atoms with E-state index in [1.54, 1.807) is 25.3 Å². The van der Waals surface area contributed by atoms with E-state index in [1.165, 1.54) is 0 Å². The Kier molecular flexibility index (Phi) is 6.69. The van der Waals surface area contributed by atoms with E-state index in [4.69, 9.17) is 16.3 Å². The van der Waals surface area contributed by atoms with Gasteiger partial charge in [0, 0.05) is 12.2 Å². The fourth-order valence-corrected chi connectivity index (χ4v) is 3.31. The molecule has 5 nitrogen and oxygen atoms in total. The molecular formula is C17H25ClN2O3. The molecule has 2 N–H and O–H groups in total. The second-order valence-electron chi connectivity index (χ2n) is 6.21. The molecule has 0 radical (unpaired) electrons. The lowest BCUT2D eigenvalue weighted by molar-refractivity contribution is -0.117. The molecule has 1 aliphatic carbocycles. The number of nitrogens with one attached hydrogen (secondary N) is 1. The molecule has 2 rings (SSSR count). The third kappa shape index (κ3) is 5.37. The van der Waals surface area contributed by atoms with Crippen LogP contribution in [0.5, 0.6) is 5.75 Å². The summed E-state index contributed by atoms with van der Waals surface area (Å²) in [5.74, 6) is 0.740. The number of hydrogen-bond donors (Lipinski definition) is 2. The number of amides is 1. The van der Waals surface area contributed by atoms with Crippen molar-refractivity contribution in [2.24, 2.45) is 5.92 Å². The highest BCUT2D eigenvalue weighted by molar-refractivity contribution is 6.32. The van der Waals surface area contributed by atoms with Gasteiger partial charge in [-0.3, -0.25) is 9.69 Å². The molecule has 2 atom stereocenters. The average molecular weight is 341 g/mol. The predicted octanol–water partition coefficient (Wildman–Crippen LogP) is 2.77. The first-order chi connectivity index (χ1) is 11.0. The van der Waals surface area contributed by atoms with Gasteiger partial charge in [0.25, 0.3) is 0 Å². The largest absolute Gasteiger partial charge is 0.495 e. The molecule has 0 bridgehead atoms. The Labute approximate surface area is 142 Å². The van der Waals surface area contributed by atoms with Crippen LogP contribution in [0.25, 0.3) is 0 Å². The molecule has 1 fully saturated rings. The van der Waals surface area contributed by atoms with Crippen LogP contribution >= 0.6 is 11.6 Å². The summed E-state index contributed by atoms with van der Waals surface area (Å²) in [5.41, 5.74) is 0.645. The van der Waals surface area contributed by atoms with Gasteiger partial charge in [0.2, 0.25) is 5.91 Å². The summed E-state index contributed by atoms with van der Waals surface area (Å²) in [6, 6.07) is 5.15. The summed E-state index contributed by atoms with van der Waals surface area (Å²) < 4.78 is 5.09.